The predicted molar refractivity (Wildman–Crippen MR) is 194 cm³/mol. The number of phenols is 8. The molecule has 0 saturated heterocycles. The third-order valence-electron chi connectivity index (χ3n) is 9.39. The standard InChI is InChI=1S/C32H36O20P4/c33-25-5-26(34)14-1-13(25)21(9-53(41,42)43)15-2-17(29(37)6-27(15)35)23(11-55(47,48)49)19-4-20(32(40)8-31(19)39)24(12-56(50,51)52)18-3-16(28(36)7-30(18)38)22(14)10-54(44,45)46/h1-8,21-24,33-40H,9-12H2,(H2,41,42,43)(H2,44,45,46)(H2,47,48,49)(H2,50,51,52). The topological polar surface area (TPSA) is 392 Å². The molecule has 0 saturated carbocycles. The second-order valence-corrected chi connectivity index (χ2v) is 20.3. The van der Waals surface area contributed by atoms with E-state index in [1.54, 1.807) is 0 Å². The first-order chi connectivity index (χ1) is 25.5. The summed E-state index contributed by atoms with van der Waals surface area (Å²) in [4.78, 5) is 81.3. The zero-order valence-electron chi connectivity index (χ0n) is 28.3. The van der Waals surface area contributed by atoms with Crippen LogP contribution in [0.1, 0.15) is 68.2 Å². The summed E-state index contributed by atoms with van der Waals surface area (Å²) in [5.74, 6) is -14.8. The molecule has 56 heavy (non-hydrogen) atoms. The highest BCUT2D eigenvalue weighted by Gasteiger charge is 2.38. The van der Waals surface area contributed by atoms with E-state index in [9.17, 15) is 98.3 Å². The molecule has 0 atom stereocenters. The molecule has 0 spiro atoms. The van der Waals surface area contributed by atoms with Crippen LogP contribution in [0.15, 0.2) is 48.5 Å². The first-order valence-corrected chi connectivity index (χ1v) is 23.1. The van der Waals surface area contributed by atoms with Crippen molar-refractivity contribution in [2.75, 3.05) is 24.6 Å². The van der Waals surface area contributed by atoms with Gasteiger partial charge in [0.1, 0.15) is 46.0 Å². The zero-order chi connectivity index (χ0) is 42.0. The molecule has 5 rings (SSSR count). The molecule has 4 aromatic rings. The lowest BCUT2D eigenvalue weighted by atomic mass is 9.80. The van der Waals surface area contributed by atoms with E-state index in [2.05, 4.69) is 0 Å². The number of benzene rings is 4. The zero-order valence-corrected chi connectivity index (χ0v) is 31.9. The number of phenolic OH excluding ortho intramolecular Hbond substituents is 8. The van der Waals surface area contributed by atoms with Crippen LogP contribution in [0.2, 0.25) is 0 Å². The number of hydrogen-bond acceptors (Lipinski definition) is 12. The Morgan fingerprint density at radius 2 is 0.411 bits per heavy atom. The molecular formula is C32H36O20P4. The van der Waals surface area contributed by atoms with Crippen LogP contribution in [0, 0.1) is 0 Å². The average Bonchev–Trinajstić information content (AvgIpc) is 3.00. The van der Waals surface area contributed by atoms with E-state index in [0.717, 1.165) is 24.3 Å². The van der Waals surface area contributed by atoms with Gasteiger partial charge in [-0.1, -0.05) is 0 Å². The smallest absolute Gasteiger partial charge is 0.326 e. The Morgan fingerprint density at radius 1 is 0.286 bits per heavy atom. The van der Waals surface area contributed by atoms with Crippen LogP contribution in [-0.2, 0) is 18.3 Å². The van der Waals surface area contributed by atoms with Gasteiger partial charge in [0.25, 0.3) is 0 Å². The fourth-order valence-corrected chi connectivity index (χ4v) is 10.6. The third kappa shape index (κ3) is 9.52. The number of fused-ring (bicyclic) bond motifs is 8. The Bertz CT molecular complexity index is 1980. The van der Waals surface area contributed by atoms with Crippen molar-refractivity contribution in [2.24, 2.45) is 0 Å². The first-order valence-electron chi connectivity index (χ1n) is 15.9. The van der Waals surface area contributed by atoms with Crippen LogP contribution in [0.3, 0.4) is 0 Å². The van der Waals surface area contributed by atoms with Gasteiger partial charge >= 0.3 is 30.4 Å². The van der Waals surface area contributed by atoms with Gasteiger partial charge in [0.05, 0.1) is 24.6 Å². The lowest BCUT2D eigenvalue weighted by molar-refractivity contribution is 0.367. The Morgan fingerprint density at radius 3 is 0.518 bits per heavy atom. The van der Waals surface area contributed by atoms with Gasteiger partial charge in [0.2, 0.25) is 0 Å². The van der Waals surface area contributed by atoms with Crippen molar-refractivity contribution in [3.05, 3.63) is 93.0 Å². The lowest BCUT2D eigenvalue weighted by Crippen LogP contribution is -2.15. The summed E-state index contributed by atoms with van der Waals surface area (Å²) in [6.45, 7) is 0. The van der Waals surface area contributed by atoms with Crippen molar-refractivity contribution in [1.29, 1.82) is 0 Å². The molecule has 1 aliphatic carbocycles. The molecule has 0 aromatic heterocycles. The van der Waals surface area contributed by atoms with Crippen molar-refractivity contribution in [3.8, 4) is 46.0 Å². The molecule has 0 amide bonds. The van der Waals surface area contributed by atoms with Gasteiger partial charge in [-0.15, -0.1) is 0 Å². The molecule has 16 N–H and O–H groups in total. The molecule has 1 aliphatic rings. The van der Waals surface area contributed by atoms with Crippen LogP contribution in [-0.4, -0.2) is 105 Å². The summed E-state index contributed by atoms with van der Waals surface area (Å²) >= 11 is 0. The van der Waals surface area contributed by atoms with E-state index >= 15 is 0 Å². The summed E-state index contributed by atoms with van der Waals surface area (Å²) < 4.78 is 50.3. The second-order valence-electron chi connectivity index (χ2n) is 13.5. The van der Waals surface area contributed by atoms with E-state index in [0.29, 0.717) is 24.3 Å². The van der Waals surface area contributed by atoms with Gasteiger partial charge < -0.3 is 80.0 Å². The van der Waals surface area contributed by atoms with E-state index in [4.69, 9.17) is 0 Å². The molecule has 304 valence electrons. The molecular weight excluding hydrogens is 828 g/mol. The van der Waals surface area contributed by atoms with Crippen LogP contribution < -0.4 is 0 Å². The minimum absolute atomic E-state index is 0.546. The molecule has 0 radical (unpaired) electrons. The maximum Gasteiger partial charge on any atom is 0.326 e. The number of aromatic hydroxyl groups is 8. The third-order valence-corrected chi connectivity index (χ3v) is 12.8. The maximum absolute atomic E-state index is 12.6. The monoisotopic (exact) mass is 864 g/mol. The fourth-order valence-electron chi connectivity index (χ4n) is 7.09. The minimum atomic E-state index is -5.22. The van der Waals surface area contributed by atoms with Crippen molar-refractivity contribution < 1.29 is 98.3 Å². The van der Waals surface area contributed by atoms with E-state index < -0.39 is 169 Å². The molecule has 24 heteroatoms. The van der Waals surface area contributed by atoms with Crippen molar-refractivity contribution in [1.82, 2.24) is 0 Å². The van der Waals surface area contributed by atoms with Gasteiger partial charge in [-0.05, 0) is 24.3 Å². The molecule has 20 nitrogen and oxygen atoms in total. The Balaban J connectivity index is 2.06. The van der Waals surface area contributed by atoms with Gasteiger partial charge in [-0.2, -0.15) is 0 Å². The Kier molecular flexibility index (Phi) is 11.5. The van der Waals surface area contributed by atoms with E-state index in [1.807, 2.05) is 0 Å². The SMILES string of the molecule is O=P(O)(O)CC1c2cc(c(O)cc2O)C(CP(=O)(O)O)c2cc(c(O)cc2O)C(CP(=O)(O)O)c2cc(c(O)cc2O)C(CP(=O)(O)O)c2cc1c(O)cc2O. The largest absolute Gasteiger partial charge is 0.508 e. The van der Waals surface area contributed by atoms with Crippen molar-refractivity contribution >= 4 is 30.4 Å². The second kappa shape index (κ2) is 15.0. The number of hydrogen-bond donors (Lipinski definition) is 16. The quantitative estimate of drug-likeness (QED) is 0.113. The lowest BCUT2D eigenvalue weighted by Gasteiger charge is -2.29. The summed E-state index contributed by atoms with van der Waals surface area (Å²) in [6.07, 6.45) is -5.05. The molecule has 8 bridgehead atoms. The van der Waals surface area contributed by atoms with Crippen LogP contribution in [0.5, 0.6) is 46.0 Å². The van der Waals surface area contributed by atoms with Crippen LogP contribution in [0.4, 0.5) is 0 Å². The maximum atomic E-state index is 12.6. The molecule has 0 unspecified atom stereocenters. The van der Waals surface area contributed by atoms with E-state index in [1.165, 1.54) is 0 Å². The van der Waals surface area contributed by atoms with Crippen LogP contribution in [0.25, 0.3) is 0 Å². The highest BCUT2D eigenvalue weighted by atomic mass is 31.2. The highest BCUT2D eigenvalue weighted by molar-refractivity contribution is 7.52. The molecule has 0 fully saturated rings. The van der Waals surface area contributed by atoms with E-state index in [-0.39, 0.29) is 0 Å². The highest BCUT2D eigenvalue weighted by Crippen LogP contribution is 2.56. The summed E-state index contributed by atoms with van der Waals surface area (Å²) in [6, 6.07) is 5.75. The summed E-state index contributed by atoms with van der Waals surface area (Å²) in [7, 11) is -20.9. The molecule has 0 aliphatic heterocycles. The minimum Gasteiger partial charge on any atom is -0.508 e. The van der Waals surface area contributed by atoms with Gasteiger partial charge in [-0.3, -0.25) is 18.3 Å². The summed E-state index contributed by atoms with van der Waals surface area (Å²) in [5.41, 5.74) is -4.37. The van der Waals surface area contributed by atoms with Crippen molar-refractivity contribution in [2.45, 2.75) is 23.7 Å². The summed E-state index contributed by atoms with van der Waals surface area (Å²) in [5, 5.41) is 88.9. The molecule has 0 heterocycles. The normalized spacial score (nSPS) is 19.1. The first kappa shape index (κ1) is 43.0. The van der Waals surface area contributed by atoms with Crippen molar-refractivity contribution in [3.63, 3.8) is 0 Å². The van der Waals surface area contributed by atoms with Crippen LogP contribution >= 0.6 is 30.4 Å². The van der Waals surface area contributed by atoms with Gasteiger partial charge in [0, 0.05) is 92.4 Å². The molecule has 4 aromatic carbocycles. The van der Waals surface area contributed by atoms with Gasteiger partial charge in [-0.25, -0.2) is 0 Å². The van der Waals surface area contributed by atoms with Gasteiger partial charge in [0.15, 0.2) is 0 Å². The predicted octanol–water partition coefficient (Wildman–Crippen LogP) is 2.88. The average molecular weight is 865 g/mol. The number of rotatable bonds is 8. The Hall–Kier alpha value is -4.12. The Labute approximate surface area is 315 Å². The fraction of sp³-hybridized carbons (Fsp3) is 0.250.